The van der Waals surface area contributed by atoms with Crippen LogP contribution in [0.15, 0.2) is 54.7 Å². The Bertz CT molecular complexity index is 716. The van der Waals surface area contributed by atoms with Crippen molar-refractivity contribution in [3.05, 3.63) is 71.7 Å². The fourth-order valence-corrected chi connectivity index (χ4v) is 2.45. The molecular weight excluding hydrogens is 239 g/mol. The normalized spacial score (nSPS) is 11.1. The second kappa shape index (κ2) is 4.86. The molecule has 3 heteroatoms. The van der Waals surface area contributed by atoms with Gasteiger partial charge >= 0.3 is 0 Å². The van der Waals surface area contributed by atoms with Crippen LogP contribution in [-0.4, -0.2) is 4.57 Å². The number of nitrogens with zero attached hydrogens (tertiary/aromatic N) is 1. The number of halogens is 1. The molecule has 0 bridgehead atoms. The van der Waals surface area contributed by atoms with Crippen LogP contribution < -0.4 is 5.73 Å². The van der Waals surface area contributed by atoms with Crippen LogP contribution in [0.3, 0.4) is 0 Å². The number of hydrogen-bond acceptors (Lipinski definition) is 1. The highest BCUT2D eigenvalue weighted by Crippen LogP contribution is 2.21. The Morgan fingerprint density at radius 1 is 0.947 bits per heavy atom. The molecule has 2 nitrogen and oxygen atoms in total. The topological polar surface area (TPSA) is 30.9 Å². The predicted molar refractivity (Wildman–Crippen MR) is 75.3 cm³/mol. The fraction of sp³-hybridized carbons (Fsp3) is 0.125. The first-order valence-electron chi connectivity index (χ1n) is 6.30. The van der Waals surface area contributed by atoms with E-state index < -0.39 is 0 Å². The molecule has 0 spiro atoms. The lowest BCUT2D eigenvalue weighted by Crippen LogP contribution is -2.04. The molecule has 0 unspecified atom stereocenters. The molecule has 3 rings (SSSR count). The van der Waals surface area contributed by atoms with E-state index in [2.05, 4.69) is 4.57 Å². The molecule has 0 atom stereocenters. The highest BCUT2D eigenvalue weighted by Gasteiger charge is 2.07. The molecule has 1 aromatic heterocycles. The average Bonchev–Trinajstić information content (AvgIpc) is 2.85. The quantitative estimate of drug-likeness (QED) is 0.764. The van der Waals surface area contributed by atoms with Crippen LogP contribution in [0, 0.1) is 5.82 Å². The smallest absolute Gasteiger partial charge is 0.128 e. The van der Waals surface area contributed by atoms with E-state index in [1.807, 2.05) is 42.6 Å². The van der Waals surface area contributed by atoms with E-state index in [0.29, 0.717) is 18.7 Å². The van der Waals surface area contributed by atoms with Crippen LogP contribution in [0.5, 0.6) is 0 Å². The van der Waals surface area contributed by atoms with Gasteiger partial charge in [-0.2, -0.15) is 0 Å². The van der Waals surface area contributed by atoms with Crippen molar-refractivity contribution < 1.29 is 4.39 Å². The maximum Gasteiger partial charge on any atom is 0.128 e. The summed E-state index contributed by atoms with van der Waals surface area (Å²) in [6, 6.07) is 15.0. The van der Waals surface area contributed by atoms with Crippen molar-refractivity contribution in [2.75, 3.05) is 0 Å². The van der Waals surface area contributed by atoms with E-state index in [9.17, 15) is 4.39 Å². The van der Waals surface area contributed by atoms with E-state index in [-0.39, 0.29) is 5.82 Å². The SMILES string of the molecule is NCc1cccc2ccn(Cc3ccccc3F)c12. The average molecular weight is 254 g/mol. The van der Waals surface area contributed by atoms with E-state index >= 15 is 0 Å². The number of rotatable bonds is 3. The molecule has 96 valence electrons. The summed E-state index contributed by atoms with van der Waals surface area (Å²) in [5.74, 6) is -0.172. The molecule has 2 aromatic carbocycles. The van der Waals surface area contributed by atoms with Crippen molar-refractivity contribution >= 4 is 10.9 Å². The summed E-state index contributed by atoms with van der Waals surface area (Å²) in [6.07, 6.45) is 1.98. The number of aromatic nitrogens is 1. The molecule has 0 aliphatic heterocycles. The summed E-state index contributed by atoms with van der Waals surface area (Å²) in [4.78, 5) is 0. The van der Waals surface area contributed by atoms with Gasteiger partial charge in [0.1, 0.15) is 5.82 Å². The van der Waals surface area contributed by atoms with Gasteiger partial charge in [0.2, 0.25) is 0 Å². The Labute approximate surface area is 111 Å². The van der Waals surface area contributed by atoms with Crippen LogP contribution in [-0.2, 0) is 13.1 Å². The molecule has 0 saturated carbocycles. The first-order valence-corrected chi connectivity index (χ1v) is 6.30. The first kappa shape index (κ1) is 11.9. The van der Waals surface area contributed by atoms with E-state index in [0.717, 1.165) is 16.5 Å². The van der Waals surface area contributed by atoms with Crippen molar-refractivity contribution in [3.8, 4) is 0 Å². The molecule has 0 saturated heterocycles. The number of nitrogens with two attached hydrogens (primary N) is 1. The standard InChI is InChI=1S/C16H15FN2/c17-15-7-2-1-4-14(15)11-19-9-8-12-5-3-6-13(10-18)16(12)19/h1-9H,10-11,18H2. The zero-order valence-corrected chi connectivity index (χ0v) is 10.5. The molecule has 0 amide bonds. The van der Waals surface area contributed by atoms with Gasteiger partial charge in [0.15, 0.2) is 0 Å². The lowest BCUT2D eigenvalue weighted by atomic mass is 10.1. The largest absolute Gasteiger partial charge is 0.343 e. The van der Waals surface area contributed by atoms with Crippen LogP contribution in [0.2, 0.25) is 0 Å². The Balaban J connectivity index is 2.09. The van der Waals surface area contributed by atoms with Gasteiger partial charge in [0, 0.05) is 18.3 Å². The lowest BCUT2D eigenvalue weighted by molar-refractivity contribution is 0.602. The maximum absolute atomic E-state index is 13.7. The summed E-state index contributed by atoms with van der Waals surface area (Å²) in [7, 11) is 0. The van der Waals surface area contributed by atoms with Gasteiger partial charge in [0.25, 0.3) is 0 Å². The predicted octanol–water partition coefficient (Wildman–Crippen LogP) is 3.29. The molecule has 0 aliphatic rings. The molecule has 0 fully saturated rings. The molecule has 19 heavy (non-hydrogen) atoms. The minimum Gasteiger partial charge on any atom is -0.343 e. The molecule has 0 aliphatic carbocycles. The second-order valence-electron chi connectivity index (χ2n) is 4.59. The van der Waals surface area contributed by atoms with Gasteiger partial charge in [-0.25, -0.2) is 4.39 Å². The van der Waals surface area contributed by atoms with E-state index in [1.54, 1.807) is 6.07 Å². The Kier molecular flexibility index (Phi) is 3.05. The van der Waals surface area contributed by atoms with E-state index in [1.165, 1.54) is 6.07 Å². The minimum atomic E-state index is -0.172. The monoisotopic (exact) mass is 254 g/mol. The number of fused-ring (bicyclic) bond motifs is 1. The van der Waals surface area contributed by atoms with Gasteiger partial charge in [0.05, 0.1) is 12.1 Å². The second-order valence-corrected chi connectivity index (χ2v) is 4.59. The van der Waals surface area contributed by atoms with Crippen LogP contribution >= 0.6 is 0 Å². The summed E-state index contributed by atoms with van der Waals surface area (Å²) in [5, 5.41) is 1.14. The third-order valence-corrected chi connectivity index (χ3v) is 3.39. The summed E-state index contributed by atoms with van der Waals surface area (Å²) >= 11 is 0. The van der Waals surface area contributed by atoms with Crippen LogP contribution in [0.4, 0.5) is 4.39 Å². The van der Waals surface area contributed by atoms with Gasteiger partial charge in [-0.3, -0.25) is 0 Å². The van der Waals surface area contributed by atoms with Gasteiger partial charge in [-0.05, 0) is 23.1 Å². The van der Waals surface area contributed by atoms with Crippen molar-refractivity contribution in [1.29, 1.82) is 0 Å². The Morgan fingerprint density at radius 2 is 1.74 bits per heavy atom. The molecule has 2 N–H and O–H groups in total. The molecule has 0 radical (unpaired) electrons. The minimum absolute atomic E-state index is 0.172. The third-order valence-electron chi connectivity index (χ3n) is 3.39. The third kappa shape index (κ3) is 2.13. The van der Waals surface area contributed by atoms with Crippen molar-refractivity contribution in [3.63, 3.8) is 0 Å². The number of benzene rings is 2. The lowest BCUT2D eigenvalue weighted by Gasteiger charge is -2.09. The first-order chi connectivity index (χ1) is 9.29. The summed E-state index contributed by atoms with van der Waals surface area (Å²) < 4.78 is 15.8. The van der Waals surface area contributed by atoms with Gasteiger partial charge in [-0.1, -0.05) is 36.4 Å². The van der Waals surface area contributed by atoms with Crippen LogP contribution in [0.25, 0.3) is 10.9 Å². The zero-order valence-electron chi connectivity index (χ0n) is 10.5. The van der Waals surface area contributed by atoms with Crippen molar-refractivity contribution in [1.82, 2.24) is 4.57 Å². The Hall–Kier alpha value is -2.13. The van der Waals surface area contributed by atoms with Gasteiger partial charge < -0.3 is 10.3 Å². The number of hydrogen-bond donors (Lipinski definition) is 1. The molecular formula is C16H15FN2. The zero-order chi connectivity index (χ0) is 13.2. The van der Waals surface area contributed by atoms with Crippen molar-refractivity contribution in [2.45, 2.75) is 13.1 Å². The van der Waals surface area contributed by atoms with E-state index in [4.69, 9.17) is 5.73 Å². The fourth-order valence-electron chi connectivity index (χ4n) is 2.45. The van der Waals surface area contributed by atoms with Crippen LogP contribution in [0.1, 0.15) is 11.1 Å². The van der Waals surface area contributed by atoms with Gasteiger partial charge in [-0.15, -0.1) is 0 Å². The molecule has 1 heterocycles. The summed E-state index contributed by atoms with van der Waals surface area (Å²) in [6.45, 7) is 1.01. The Morgan fingerprint density at radius 3 is 2.53 bits per heavy atom. The van der Waals surface area contributed by atoms with Crippen molar-refractivity contribution in [2.24, 2.45) is 5.73 Å². The summed E-state index contributed by atoms with van der Waals surface area (Å²) in [5.41, 5.74) is 8.64. The highest BCUT2D eigenvalue weighted by atomic mass is 19.1. The number of para-hydroxylation sites is 1. The molecule has 3 aromatic rings. The maximum atomic E-state index is 13.7. The highest BCUT2D eigenvalue weighted by molar-refractivity contribution is 5.83.